The molecule has 0 aromatic heterocycles. The molecule has 1 heterocycles. The average molecular weight is 330 g/mol. The van der Waals surface area contributed by atoms with Crippen molar-refractivity contribution >= 4 is 27.5 Å². The zero-order valence-electron chi connectivity index (χ0n) is 10.3. The third-order valence-corrected chi connectivity index (χ3v) is 3.70. The van der Waals surface area contributed by atoms with E-state index in [4.69, 9.17) is 15.7 Å². The Bertz CT molecular complexity index is 481. The largest absolute Gasteiger partial charge is 0.409 e. The first kappa shape index (κ1) is 14.1. The third kappa shape index (κ3) is 2.99. The fraction of sp³-hybridized carbons (Fsp3) is 0.417. The molecule has 19 heavy (non-hydrogen) atoms. The van der Waals surface area contributed by atoms with Gasteiger partial charge in [0.1, 0.15) is 0 Å². The highest BCUT2D eigenvalue weighted by Gasteiger charge is 2.23. The van der Waals surface area contributed by atoms with E-state index in [1.165, 1.54) is 0 Å². The minimum absolute atomic E-state index is 0.0244. The molecule has 1 fully saturated rings. The summed E-state index contributed by atoms with van der Waals surface area (Å²) in [6, 6.07) is 5.62. The summed E-state index contributed by atoms with van der Waals surface area (Å²) in [5.41, 5.74) is 7.23. The van der Waals surface area contributed by atoms with Crippen molar-refractivity contribution in [3.05, 3.63) is 28.2 Å². The molecule has 0 aliphatic carbocycles. The van der Waals surface area contributed by atoms with E-state index in [1.807, 2.05) is 18.2 Å². The van der Waals surface area contributed by atoms with Gasteiger partial charge in [0, 0.05) is 23.2 Å². The molecule has 7 heteroatoms. The van der Waals surface area contributed by atoms with E-state index < -0.39 is 0 Å². The van der Waals surface area contributed by atoms with E-state index in [9.17, 15) is 5.11 Å². The number of ether oxygens (including phenoxy) is 1. The van der Waals surface area contributed by atoms with Crippen LogP contribution in [-0.2, 0) is 4.74 Å². The maximum absolute atomic E-state index is 9.19. The first-order chi connectivity index (χ1) is 9.17. The van der Waals surface area contributed by atoms with E-state index in [1.54, 1.807) is 0 Å². The van der Waals surface area contributed by atoms with Gasteiger partial charge in [-0.1, -0.05) is 11.2 Å². The predicted octanol–water partition coefficient (Wildman–Crippen LogP) is 0.741. The van der Waals surface area contributed by atoms with E-state index >= 15 is 0 Å². The molecule has 6 nitrogen and oxygen atoms in total. The molecule has 1 saturated heterocycles. The Kier molecular flexibility index (Phi) is 4.62. The van der Waals surface area contributed by atoms with Crippen LogP contribution in [0.5, 0.6) is 0 Å². The maximum Gasteiger partial charge on any atom is 0.173 e. The standard InChI is InChI=1S/C12H16BrN3O3/c13-9-2-1-3-10(11(9)12(14)15-18)16-4-5-19-8(6-16)7-17/h1-3,8,17-18H,4-7H2,(H2,14,15). The molecule has 0 amide bonds. The molecule has 2 rings (SSSR count). The number of hydrogen-bond donors (Lipinski definition) is 3. The van der Waals surface area contributed by atoms with Crippen LogP contribution in [0.4, 0.5) is 5.69 Å². The first-order valence-electron chi connectivity index (χ1n) is 5.91. The van der Waals surface area contributed by atoms with Gasteiger partial charge in [-0.15, -0.1) is 0 Å². The monoisotopic (exact) mass is 329 g/mol. The first-order valence-corrected chi connectivity index (χ1v) is 6.70. The average Bonchev–Trinajstić information content (AvgIpc) is 2.46. The molecule has 1 atom stereocenters. The molecular weight excluding hydrogens is 314 g/mol. The lowest BCUT2D eigenvalue weighted by atomic mass is 10.1. The van der Waals surface area contributed by atoms with Crippen molar-refractivity contribution in [2.75, 3.05) is 31.2 Å². The number of aliphatic hydroxyl groups excluding tert-OH is 1. The van der Waals surface area contributed by atoms with Gasteiger partial charge in [0.2, 0.25) is 0 Å². The molecule has 0 bridgehead atoms. The number of hydrogen-bond acceptors (Lipinski definition) is 5. The van der Waals surface area contributed by atoms with Gasteiger partial charge < -0.3 is 25.7 Å². The molecule has 1 unspecified atom stereocenters. The highest BCUT2D eigenvalue weighted by molar-refractivity contribution is 9.10. The summed E-state index contributed by atoms with van der Waals surface area (Å²) in [5.74, 6) is 0.0505. The minimum atomic E-state index is -0.215. The van der Waals surface area contributed by atoms with Crippen LogP contribution in [0.2, 0.25) is 0 Å². The SMILES string of the molecule is N/C(=N/O)c1c(Br)cccc1N1CCOC(CO)C1. The van der Waals surface area contributed by atoms with Crippen LogP contribution in [-0.4, -0.2) is 48.6 Å². The van der Waals surface area contributed by atoms with Crippen LogP contribution in [0.3, 0.4) is 0 Å². The van der Waals surface area contributed by atoms with Gasteiger partial charge >= 0.3 is 0 Å². The normalized spacial score (nSPS) is 20.6. The van der Waals surface area contributed by atoms with Crippen molar-refractivity contribution in [2.45, 2.75) is 6.10 Å². The Morgan fingerprint density at radius 3 is 3.05 bits per heavy atom. The highest BCUT2D eigenvalue weighted by atomic mass is 79.9. The van der Waals surface area contributed by atoms with Crippen molar-refractivity contribution in [3.63, 3.8) is 0 Å². The van der Waals surface area contributed by atoms with Crippen LogP contribution in [0.15, 0.2) is 27.8 Å². The quantitative estimate of drug-likeness (QED) is 0.329. The van der Waals surface area contributed by atoms with Crippen molar-refractivity contribution in [2.24, 2.45) is 10.9 Å². The van der Waals surface area contributed by atoms with Crippen LogP contribution in [0, 0.1) is 0 Å². The summed E-state index contributed by atoms with van der Waals surface area (Å²) >= 11 is 3.41. The number of morpholine rings is 1. The third-order valence-electron chi connectivity index (χ3n) is 3.04. The fourth-order valence-corrected chi connectivity index (χ4v) is 2.69. The summed E-state index contributed by atoms with van der Waals surface area (Å²) in [6.07, 6.45) is -0.215. The van der Waals surface area contributed by atoms with Gasteiger partial charge in [0.25, 0.3) is 0 Å². The minimum Gasteiger partial charge on any atom is -0.409 e. The highest BCUT2D eigenvalue weighted by Crippen LogP contribution is 2.29. The number of benzene rings is 1. The van der Waals surface area contributed by atoms with E-state index in [-0.39, 0.29) is 18.5 Å². The van der Waals surface area contributed by atoms with Crippen molar-refractivity contribution in [1.82, 2.24) is 0 Å². The van der Waals surface area contributed by atoms with Gasteiger partial charge in [-0.3, -0.25) is 0 Å². The lowest BCUT2D eigenvalue weighted by Gasteiger charge is -2.35. The van der Waals surface area contributed by atoms with Crippen molar-refractivity contribution < 1.29 is 15.1 Å². The Balaban J connectivity index is 2.36. The Morgan fingerprint density at radius 2 is 2.37 bits per heavy atom. The number of anilines is 1. The zero-order chi connectivity index (χ0) is 13.8. The second-order valence-corrected chi connectivity index (χ2v) is 5.09. The number of oxime groups is 1. The van der Waals surface area contributed by atoms with Gasteiger partial charge in [0.05, 0.1) is 24.9 Å². The summed E-state index contributed by atoms with van der Waals surface area (Å²) in [4.78, 5) is 2.06. The number of aliphatic hydroxyl groups is 1. The van der Waals surface area contributed by atoms with Crippen LogP contribution in [0.1, 0.15) is 5.56 Å². The lowest BCUT2D eigenvalue weighted by Crippen LogP contribution is -2.44. The van der Waals surface area contributed by atoms with Crippen LogP contribution in [0.25, 0.3) is 0 Å². The van der Waals surface area contributed by atoms with E-state index in [0.29, 0.717) is 25.3 Å². The van der Waals surface area contributed by atoms with Gasteiger partial charge in [-0.25, -0.2) is 0 Å². The Morgan fingerprint density at radius 1 is 1.58 bits per heavy atom. The molecular formula is C12H16BrN3O3. The lowest BCUT2D eigenvalue weighted by molar-refractivity contribution is 0.00356. The van der Waals surface area contributed by atoms with Crippen LogP contribution >= 0.6 is 15.9 Å². The molecule has 1 aliphatic rings. The summed E-state index contributed by atoms with van der Waals surface area (Å²) in [6.45, 7) is 1.77. The van der Waals surface area contributed by atoms with Crippen molar-refractivity contribution in [1.29, 1.82) is 0 Å². The number of nitrogens with two attached hydrogens (primary N) is 1. The molecule has 4 N–H and O–H groups in total. The Hall–Kier alpha value is -1.31. The summed E-state index contributed by atoms with van der Waals surface area (Å²) < 4.78 is 6.18. The van der Waals surface area contributed by atoms with Crippen molar-refractivity contribution in [3.8, 4) is 0 Å². The van der Waals surface area contributed by atoms with Gasteiger partial charge in [-0.05, 0) is 28.1 Å². The number of halogens is 1. The van der Waals surface area contributed by atoms with E-state index in [2.05, 4.69) is 26.0 Å². The number of amidine groups is 1. The molecule has 1 aliphatic heterocycles. The molecule has 104 valence electrons. The number of nitrogens with zero attached hydrogens (tertiary/aromatic N) is 2. The van der Waals surface area contributed by atoms with Crippen LogP contribution < -0.4 is 10.6 Å². The van der Waals surface area contributed by atoms with E-state index in [0.717, 1.165) is 10.2 Å². The molecule has 1 aromatic rings. The smallest absolute Gasteiger partial charge is 0.173 e. The van der Waals surface area contributed by atoms with Gasteiger partial charge in [0.15, 0.2) is 5.84 Å². The second-order valence-electron chi connectivity index (χ2n) is 4.24. The Labute approximate surface area is 119 Å². The molecule has 1 aromatic carbocycles. The topological polar surface area (TPSA) is 91.3 Å². The zero-order valence-corrected chi connectivity index (χ0v) is 11.9. The molecule has 0 radical (unpaired) electrons. The number of rotatable bonds is 3. The molecule has 0 spiro atoms. The maximum atomic E-state index is 9.19. The predicted molar refractivity (Wildman–Crippen MR) is 75.7 cm³/mol. The summed E-state index contributed by atoms with van der Waals surface area (Å²) in [7, 11) is 0. The fourth-order valence-electron chi connectivity index (χ4n) is 2.13. The molecule has 0 saturated carbocycles. The second kappa shape index (κ2) is 6.23. The summed E-state index contributed by atoms with van der Waals surface area (Å²) in [5, 5.41) is 21.1. The van der Waals surface area contributed by atoms with Gasteiger partial charge in [-0.2, -0.15) is 0 Å².